The quantitative estimate of drug-likeness (QED) is 0.855. The van der Waals surface area contributed by atoms with E-state index in [0.29, 0.717) is 6.54 Å². The lowest BCUT2D eigenvalue weighted by atomic mass is 10.0. The summed E-state index contributed by atoms with van der Waals surface area (Å²) in [4.78, 5) is -0.146. The van der Waals surface area contributed by atoms with Crippen LogP contribution < -0.4 is 5.32 Å². The third kappa shape index (κ3) is 3.05. The molecule has 1 aliphatic heterocycles. The van der Waals surface area contributed by atoms with Crippen LogP contribution in [0, 0.1) is 17.6 Å². The number of hydrogen-bond donors (Lipinski definition) is 1. The maximum absolute atomic E-state index is 13.0. The zero-order valence-electron chi connectivity index (χ0n) is 9.83. The van der Waals surface area contributed by atoms with Gasteiger partial charge in [-0.25, -0.2) is 17.2 Å². The smallest absolute Gasteiger partial charge is 0.178 e. The lowest BCUT2D eigenvalue weighted by Crippen LogP contribution is -2.33. The Bertz CT molecular complexity index is 525. The predicted octanol–water partition coefficient (Wildman–Crippen LogP) is 1.74. The number of hydrogen-bond acceptors (Lipinski definition) is 3. The summed E-state index contributed by atoms with van der Waals surface area (Å²) in [6.45, 7) is 1.56. The van der Waals surface area contributed by atoms with Crippen molar-refractivity contribution in [1.29, 1.82) is 0 Å². The molecule has 0 amide bonds. The topological polar surface area (TPSA) is 46.2 Å². The van der Waals surface area contributed by atoms with Gasteiger partial charge >= 0.3 is 0 Å². The molecule has 100 valence electrons. The number of nitrogens with one attached hydrogen (secondary N) is 1. The van der Waals surface area contributed by atoms with Gasteiger partial charge in [-0.1, -0.05) is 0 Å². The third-order valence-electron chi connectivity index (χ3n) is 3.10. The first-order valence-electron chi connectivity index (χ1n) is 5.87. The summed E-state index contributed by atoms with van der Waals surface area (Å²) in [6.07, 6.45) is 1.79. The number of rotatable bonds is 3. The zero-order chi connectivity index (χ0) is 13.2. The van der Waals surface area contributed by atoms with Crippen molar-refractivity contribution in [2.45, 2.75) is 17.7 Å². The minimum Gasteiger partial charge on any atom is -0.316 e. The second-order valence-electron chi connectivity index (χ2n) is 4.57. The number of piperidine rings is 1. The molecule has 1 unspecified atom stereocenters. The van der Waals surface area contributed by atoms with Gasteiger partial charge in [-0.15, -0.1) is 0 Å². The van der Waals surface area contributed by atoms with Crippen LogP contribution in [0.2, 0.25) is 0 Å². The van der Waals surface area contributed by atoms with Crippen LogP contribution in [0.5, 0.6) is 0 Å². The van der Waals surface area contributed by atoms with Gasteiger partial charge in [-0.05, 0) is 50.0 Å². The van der Waals surface area contributed by atoms with Crippen LogP contribution in [0.3, 0.4) is 0 Å². The lowest BCUT2D eigenvalue weighted by Gasteiger charge is -2.22. The van der Waals surface area contributed by atoms with Crippen molar-refractivity contribution in [3.63, 3.8) is 0 Å². The molecule has 6 heteroatoms. The maximum Gasteiger partial charge on any atom is 0.178 e. The van der Waals surface area contributed by atoms with Gasteiger partial charge in [-0.2, -0.15) is 0 Å². The summed E-state index contributed by atoms with van der Waals surface area (Å²) in [5.41, 5.74) is 0. The SMILES string of the molecule is O=S(=O)(CC1CCCNC1)c1ccc(F)c(F)c1. The maximum atomic E-state index is 13.0. The summed E-state index contributed by atoms with van der Waals surface area (Å²) in [5.74, 6) is -2.14. The molecule has 0 aromatic heterocycles. The van der Waals surface area contributed by atoms with E-state index in [4.69, 9.17) is 0 Å². The Morgan fingerprint density at radius 2 is 2.06 bits per heavy atom. The zero-order valence-corrected chi connectivity index (χ0v) is 10.6. The number of sulfone groups is 1. The van der Waals surface area contributed by atoms with E-state index in [-0.39, 0.29) is 16.6 Å². The van der Waals surface area contributed by atoms with E-state index >= 15 is 0 Å². The van der Waals surface area contributed by atoms with Crippen molar-refractivity contribution < 1.29 is 17.2 Å². The largest absolute Gasteiger partial charge is 0.316 e. The van der Waals surface area contributed by atoms with Crippen molar-refractivity contribution in [1.82, 2.24) is 5.32 Å². The Hall–Kier alpha value is -1.01. The van der Waals surface area contributed by atoms with Crippen LogP contribution >= 0.6 is 0 Å². The van der Waals surface area contributed by atoms with Crippen LogP contribution in [0.25, 0.3) is 0 Å². The Labute approximate surface area is 105 Å². The summed E-state index contributed by atoms with van der Waals surface area (Å²) in [7, 11) is -3.55. The van der Waals surface area contributed by atoms with Crippen molar-refractivity contribution in [2.75, 3.05) is 18.8 Å². The second-order valence-corrected chi connectivity index (χ2v) is 6.60. The predicted molar refractivity (Wildman–Crippen MR) is 64.0 cm³/mol. The molecule has 0 aliphatic carbocycles. The minimum atomic E-state index is -3.55. The highest BCUT2D eigenvalue weighted by molar-refractivity contribution is 7.91. The summed E-state index contributed by atoms with van der Waals surface area (Å²) in [5, 5.41) is 3.13. The molecule has 1 aliphatic rings. The highest BCUT2D eigenvalue weighted by Gasteiger charge is 2.23. The standard InChI is InChI=1S/C12H15F2NO2S/c13-11-4-3-10(6-12(11)14)18(16,17)8-9-2-1-5-15-7-9/h3-4,6,9,15H,1-2,5,7-8H2. The first kappa shape index (κ1) is 13.4. The molecule has 0 saturated carbocycles. The summed E-state index contributed by atoms with van der Waals surface area (Å²) >= 11 is 0. The van der Waals surface area contributed by atoms with Crippen molar-refractivity contribution in [3.05, 3.63) is 29.8 Å². The first-order valence-corrected chi connectivity index (χ1v) is 7.53. The van der Waals surface area contributed by atoms with E-state index in [1.54, 1.807) is 0 Å². The molecule has 1 fully saturated rings. The Balaban J connectivity index is 2.16. The molecule has 1 heterocycles. The first-order chi connectivity index (χ1) is 8.49. The fourth-order valence-corrected chi connectivity index (χ4v) is 3.80. The van der Waals surface area contributed by atoms with Gasteiger partial charge in [0, 0.05) is 0 Å². The highest BCUT2D eigenvalue weighted by Crippen LogP contribution is 2.20. The summed E-state index contributed by atoms with van der Waals surface area (Å²) < 4.78 is 49.9. The van der Waals surface area contributed by atoms with E-state index in [1.165, 1.54) is 0 Å². The van der Waals surface area contributed by atoms with Gasteiger partial charge in [0.15, 0.2) is 21.5 Å². The third-order valence-corrected chi connectivity index (χ3v) is 4.99. The fourth-order valence-electron chi connectivity index (χ4n) is 2.14. The van der Waals surface area contributed by atoms with E-state index in [9.17, 15) is 17.2 Å². The Morgan fingerprint density at radius 3 is 2.67 bits per heavy atom. The highest BCUT2D eigenvalue weighted by atomic mass is 32.2. The van der Waals surface area contributed by atoms with Gasteiger partial charge in [0.2, 0.25) is 0 Å². The molecule has 2 rings (SSSR count). The van der Waals surface area contributed by atoms with Gasteiger partial charge in [0.05, 0.1) is 10.6 Å². The van der Waals surface area contributed by atoms with Crippen molar-refractivity contribution in [3.8, 4) is 0 Å². The molecule has 1 N–H and O–H groups in total. The normalized spacial score (nSPS) is 20.9. The van der Waals surface area contributed by atoms with Crippen LogP contribution in [0.1, 0.15) is 12.8 Å². The van der Waals surface area contributed by atoms with E-state index in [1.807, 2.05) is 0 Å². The molecule has 1 aromatic carbocycles. The van der Waals surface area contributed by atoms with Crippen molar-refractivity contribution >= 4 is 9.84 Å². The number of halogens is 2. The van der Waals surface area contributed by atoms with Crippen molar-refractivity contribution in [2.24, 2.45) is 5.92 Å². The monoisotopic (exact) mass is 275 g/mol. The van der Waals surface area contributed by atoms with Crippen LogP contribution in [0.15, 0.2) is 23.1 Å². The fraction of sp³-hybridized carbons (Fsp3) is 0.500. The van der Waals surface area contributed by atoms with Crippen LogP contribution in [-0.4, -0.2) is 27.3 Å². The van der Waals surface area contributed by atoms with Gasteiger partial charge in [-0.3, -0.25) is 0 Å². The molecule has 3 nitrogen and oxygen atoms in total. The van der Waals surface area contributed by atoms with Crippen LogP contribution in [0.4, 0.5) is 8.78 Å². The Kier molecular flexibility index (Phi) is 3.97. The Morgan fingerprint density at radius 1 is 1.28 bits per heavy atom. The number of benzene rings is 1. The second kappa shape index (κ2) is 5.32. The molecular weight excluding hydrogens is 260 g/mol. The van der Waals surface area contributed by atoms with Crippen LogP contribution in [-0.2, 0) is 9.84 Å². The van der Waals surface area contributed by atoms with Gasteiger partial charge < -0.3 is 5.32 Å². The van der Waals surface area contributed by atoms with Gasteiger partial charge in [0.1, 0.15) is 0 Å². The molecule has 1 atom stereocenters. The molecule has 0 radical (unpaired) electrons. The average Bonchev–Trinajstić information content (AvgIpc) is 2.33. The molecule has 18 heavy (non-hydrogen) atoms. The minimum absolute atomic E-state index is 0.0227. The van der Waals surface area contributed by atoms with Gasteiger partial charge in [0.25, 0.3) is 0 Å². The summed E-state index contributed by atoms with van der Waals surface area (Å²) in [6, 6.07) is 2.71. The average molecular weight is 275 g/mol. The molecule has 1 saturated heterocycles. The molecule has 1 aromatic rings. The molecule has 0 bridgehead atoms. The molecule has 0 spiro atoms. The van der Waals surface area contributed by atoms with E-state index in [0.717, 1.165) is 37.6 Å². The van der Waals surface area contributed by atoms with E-state index < -0.39 is 21.5 Å². The van der Waals surface area contributed by atoms with E-state index in [2.05, 4.69) is 5.32 Å². The lowest BCUT2D eigenvalue weighted by molar-refractivity contribution is 0.404. The molecular formula is C12H15F2NO2S.